The van der Waals surface area contributed by atoms with Gasteiger partial charge in [-0.25, -0.2) is 0 Å². The molecule has 0 aliphatic carbocycles. The Morgan fingerprint density at radius 1 is 1.77 bits per heavy atom. The van der Waals surface area contributed by atoms with Gasteiger partial charge >= 0.3 is 0 Å². The zero-order valence-corrected chi connectivity index (χ0v) is 8.51. The summed E-state index contributed by atoms with van der Waals surface area (Å²) in [7, 11) is 0. The summed E-state index contributed by atoms with van der Waals surface area (Å²) >= 11 is 1.52. The topological polar surface area (TPSA) is 56.0 Å². The van der Waals surface area contributed by atoms with E-state index in [1.54, 1.807) is 11.7 Å². The molecule has 0 radical (unpaired) electrons. The van der Waals surface area contributed by atoms with Crippen LogP contribution in [-0.4, -0.2) is 16.8 Å². The first-order valence-corrected chi connectivity index (χ1v) is 5.21. The average Bonchev–Trinajstić information content (AvgIpc) is 2.53. The summed E-state index contributed by atoms with van der Waals surface area (Å²) < 4.78 is 0. The lowest BCUT2D eigenvalue weighted by molar-refractivity contribution is -0.118. The van der Waals surface area contributed by atoms with Crippen LogP contribution in [0.25, 0.3) is 0 Å². The largest absolute Gasteiger partial charge is 0.328 e. The standard InChI is InChI=1S/C9H14N2OS/c1-7(10)2-3-8(12)4-9-5-11-6-13-9/h5-7H,2-4,10H2,1H3. The number of ketones is 1. The molecule has 1 heterocycles. The first-order valence-electron chi connectivity index (χ1n) is 4.33. The van der Waals surface area contributed by atoms with E-state index >= 15 is 0 Å². The first-order chi connectivity index (χ1) is 6.18. The summed E-state index contributed by atoms with van der Waals surface area (Å²) in [6.45, 7) is 1.92. The van der Waals surface area contributed by atoms with Gasteiger partial charge in [0, 0.05) is 30.0 Å². The molecule has 0 fully saturated rings. The van der Waals surface area contributed by atoms with Crippen molar-refractivity contribution in [2.75, 3.05) is 0 Å². The number of thiazole rings is 1. The third-order valence-electron chi connectivity index (χ3n) is 1.73. The molecule has 1 aromatic heterocycles. The van der Waals surface area contributed by atoms with Crippen molar-refractivity contribution in [2.45, 2.75) is 32.2 Å². The predicted molar refractivity (Wildman–Crippen MR) is 53.7 cm³/mol. The van der Waals surface area contributed by atoms with Gasteiger partial charge in [0.25, 0.3) is 0 Å². The van der Waals surface area contributed by atoms with E-state index in [9.17, 15) is 4.79 Å². The highest BCUT2D eigenvalue weighted by Crippen LogP contribution is 2.08. The molecule has 0 aliphatic heterocycles. The SMILES string of the molecule is CC(N)CCC(=O)Cc1cncs1. The van der Waals surface area contributed by atoms with Crippen molar-refractivity contribution in [2.24, 2.45) is 5.73 Å². The van der Waals surface area contributed by atoms with Gasteiger partial charge < -0.3 is 5.73 Å². The fraction of sp³-hybridized carbons (Fsp3) is 0.556. The molecule has 0 saturated heterocycles. The second-order valence-corrected chi connectivity index (χ2v) is 4.17. The summed E-state index contributed by atoms with van der Waals surface area (Å²) in [5.41, 5.74) is 7.30. The molecular weight excluding hydrogens is 184 g/mol. The normalized spacial score (nSPS) is 12.8. The molecule has 3 nitrogen and oxygen atoms in total. The molecule has 1 unspecified atom stereocenters. The second kappa shape index (κ2) is 5.09. The molecule has 0 aliphatic rings. The molecule has 1 atom stereocenters. The highest BCUT2D eigenvalue weighted by atomic mass is 32.1. The van der Waals surface area contributed by atoms with Gasteiger partial charge in [0.05, 0.1) is 5.51 Å². The van der Waals surface area contributed by atoms with Gasteiger partial charge in [-0.3, -0.25) is 9.78 Å². The Labute approximate surface area is 82.0 Å². The summed E-state index contributed by atoms with van der Waals surface area (Å²) in [6.07, 6.45) is 3.61. The van der Waals surface area contributed by atoms with Gasteiger partial charge in [-0.15, -0.1) is 11.3 Å². The van der Waals surface area contributed by atoms with Crippen molar-refractivity contribution >= 4 is 17.1 Å². The van der Waals surface area contributed by atoms with Crippen molar-refractivity contribution in [3.8, 4) is 0 Å². The van der Waals surface area contributed by atoms with Gasteiger partial charge in [-0.1, -0.05) is 0 Å². The maximum absolute atomic E-state index is 11.3. The summed E-state index contributed by atoms with van der Waals surface area (Å²) in [4.78, 5) is 16.3. The molecule has 4 heteroatoms. The van der Waals surface area contributed by atoms with E-state index in [0.717, 1.165) is 11.3 Å². The zero-order chi connectivity index (χ0) is 9.68. The number of Topliss-reactive ketones (excluding diaryl/α,β-unsaturated/α-hetero) is 1. The minimum atomic E-state index is 0.116. The summed E-state index contributed by atoms with van der Waals surface area (Å²) in [6, 6.07) is 0.116. The van der Waals surface area contributed by atoms with Crippen LogP contribution in [0.5, 0.6) is 0 Å². The van der Waals surface area contributed by atoms with Crippen LogP contribution < -0.4 is 5.73 Å². The Bertz CT molecular complexity index is 257. The molecule has 1 rings (SSSR count). The Kier molecular flexibility index (Phi) is 4.05. The van der Waals surface area contributed by atoms with E-state index in [1.807, 2.05) is 6.92 Å². The number of nitrogens with two attached hydrogens (primary N) is 1. The molecular formula is C9H14N2OS. The molecule has 1 aromatic rings. The minimum absolute atomic E-state index is 0.116. The van der Waals surface area contributed by atoms with Crippen molar-refractivity contribution < 1.29 is 4.79 Å². The Morgan fingerprint density at radius 2 is 2.54 bits per heavy atom. The first kappa shape index (κ1) is 10.3. The molecule has 0 amide bonds. The Balaban J connectivity index is 2.26. The number of carbonyl (C=O) groups is 1. The van der Waals surface area contributed by atoms with Crippen LogP contribution in [0.2, 0.25) is 0 Å². The average molecular weight is 198 g/mol. The number of carbonyl (C=O) groups excluding carboxylic acids is 1. The predicted octanol–water partition coefficient (Wildman–Crippen LogP) is 1.38. The highest BCUT2D eigenvalue weighted by Gasteiger charge is 2.05. The number of rotatable bonds is 5. The Morgan fingerprint density at radius 3 is 3.08 bits per heavy atom. The molecule has 0 bridgehead atoms. The number of aromatic nitrogens is 1. The van der Waals surface area contributed by atoms with Gasteiger partial charge in [0.15, 0.2) is 0 Å². The number of hydrogen-bond donors (Lipinski definition) is 1. The molecule has 0 aromatic carbocycles. The van der Waals surface area contributed by atoms with E-state index in [-0.39, 0.29) is 11.8 Å². The fourth-order valence-electron chi connectivity index (χ4n) is 1.00. The van der Waals surface area contributed by atoms with Crippen LogP contribution in [0, 0.1) is 0 Å². The van der Waals surface area contributed by atoms with Gasteiger partial charge in [0.1, 0.15) is 5.78 Å². The van der Waals surface area contributed by atoms with Crippen LogP contribution in [0.4, 0.5) is 0 Å². The van der Waals surface area contributed by atoms with E-state index in [4.69, 9.17) is 5.73 Å². The fourth-order valence-corrected chi connectivity index (χ4v) is 1.62. The second-order valence-electron chi connectivity index (χ2n) is 3.20. The summed E-state index contributed by atoms with van der Waals surface area (Å²) in [5.74, 6) is 0.251. The molecule has 0 saturated carbocycles. The molecule has 2 N–H and O–H groups in total. The van der Waals surface area contributed by atoms with E-state index in [2.05, 4.69) is 4.98 Å². The van der Waals surface area contributed by atoms with Crippen LogP contribution >= 0.6 is 11.3 Å². The van der Waals surface area contributed by atoms with Gasteiger partial charge in [-0.05, 0) is 13.3 Å². The lowest BCUT2D eigenvalue weighted by Gasteiger charge is -2.02. The van der Waals surface area contributed by atoms with E-state index < -0.39 is 0 Å². The van der Waals surface area contributed by atoms with E-state index in [0.29, 0.717) is 12.8 Å². The summed E-state index contributed by atoms with van der Waals surface area (Å²) in [5, 5.41) is 0. The zero-order valence-electron chi connectivity index (χ0n) is 7.69. The van der Waals surface area contributed by atoms with Crippen LogP contribution in [-0.2, 0) is 11.2 Å². The van der Waals surface area contributed by atoms with Crippen molar-refractivity contribution in [3.05, 3.63) is 16.6 Å². The van der Waals surface area contributed by atoms with Crippen LogP contribution in [0.3, 0.4) is 0 Å². The maximum Gasteiger partial charge on any atom is 0.138 e. The number of nitrogens with zero attached hydrogens (tertiary/aromatic N) is 1. The van der Waals surface area contributed by atoms with Crippen LogP contribution in [0.1, 0.15) is 24.6 Å². The monoisotopic (exact) mass is 198 g/mol. The van der Waals surface area contributed by atoms with Crippen LogP contribution in [0.15, 0.2) is 11.7 Å². The molecule has 72 valence electrons. The lowest BCUT2D eigenvalue weighted by atomic mass is 10.1. The molecule has 13 heavy (non-hydrogen) atoms. The minimum Gasteiger partial charge on any atom is -0.328 e. The van der Waals surface area contributed by atoms with Crippen molar-refractivity contribution in [1.29, 1.82) is 0 Å². The molecule has 0 spiro atoms. The maximum atomic E-state index is 11.3. The van der Waals surface area contributed by atoms with Gasteiger partial charge in [-0.2, -0.15) is 0 Å². The van der Waals surface area contributed by atoms with E-state index in [1.165, 1.54) is 11.3 Å². The number of hydrogen-bond acceptors (Lipinski definition) is 4. The quantitative estimate of drug-likeness (QED) is 0.777. The third-order valence-corrected chi connectivity index (χ3v) is 2.51. The highest BCUT2D eigenvalue weighted by molar-refractivity contribution is 7.09. The smallest absolute Gasteiger partial charge is 0.138 e. The lowest BCUT2D eigenvalue weighted by Crippen LogP contribution is -2.16. The van der Waals surface area contributed by atoms with Gasteiger partial charge in [0.2, 0.25) is 0 Å². The van der Waals surface area contributed by atoms with Crippen molar-refractivity contribution in [1.82, 2.24) is 4.98 Å². The third kappa shape index (κ3) is 4.15. The van der Waals surface area contributed by atoms with Crippen molar-refractivity contribution in [3.63, 3.8) is 0 Å². The Hall–Kier alpha value is -0.740.